The summed E-state index contributed by atoms with van der Waals surface area (Å²) in [5.74, 6) is 0.655. The first-order valence-electron chi connectivity index (χ1n) is 5.68. The van der Waals surface area contributed by atoms with Gasteiger partial charge in [-0.05, 0) is 27.4 Å². The lowest BCUT2D eigenvalue weighted by molar-refractivity contribution is 0.156. The fourth-order valence-corrected chi connectivity index (χ4v) is 2.10. The van der Waals surface area contributed by atoms with E-state index >= 15 is 0 Å². The SMILES string of the molecule is CCN(CC1COCC1NC)C(C)C. The molecule has 0 saturated carbocycles. The van der Waals surface area contributed by atoms with Crippen molar-refractivity contribution in [1.82, 2.24) is 10.2 Å². The lowest BCUT2D eigenvalue weighted by atomic mass is 10.0. The summed E-state index contributed by atoms with van der Waals surface area (Å²) in [7, 11) is 2.03. The van der Waals surface area contributed by atoms with Crippen LogP contribution < -0.4 is 5.32 Å². The molecule has 1 fully saturated rings. The quantitative estimate of drug-likeness (QED) is 0.715. The van der Waals surface area contributed by atoms with Crippen LogP contribution in [0.15, 0.2) is 0 Å². The fourth-order valence-electron chi connectivity index (χ4n) is 2.10. The molecule has 1 N–H and O–H groups in total. The molecule has 84 valence electrons. The molecule has 0 spiro atoms. The van der Waals surface area contributed by atoms with Gasteiger partial charge in [0.1, 0.15) is 0 Å². The summed E-state index contributed by atoms with van der Waals surface area (Å²) in [5, 5.41) is 3.33. The van der Waals surface area contributed by atoms with Gasteiger partial charge < -0.3 is 15.0 Å². The van der Waals surface area contributed by atoms with Crippen LogP contribution in [-0.4, -0.2) is 50.3 Å². The second kappa shape index (κ2) is 5.69. The molecule has 0 radical (unpaired) electrons. The summed E-state index contributed by atoms with van der Waals surface area (Å²) in [6, 6.07) is 1.18. The Morgan fingerprint density at radius 2 is 2.14 bits per heavy atom. The van der Waals surface area contributed by atoms with E-state index < -0.39 is 0 Å². The monoisotopic (exact) mass is 200 g/mol. The molecular weight excluding hydrogens is 176 g/mol. The van der Waals surface area contributed by atoms with Gasteiger partial charge in [-0.25, -0.2) is 0 Å². The molecule has 0 bridgehead atoms. The zero-order chi connectivity index (χ0) is 10.6. The Balaban J connectivity index is 2.41. The maximum absolute atomic E-state index is 5.50. The average molecular weight is 200 g/mol. The van der Waals surface area contributed by atoms with Crippen LogP contribution in [0.1, 0.15) is 20.8 Å². The highest BCUT2D eigenvalue weighted by Gasteiger charge is 2.28. The van der Waals surface area contributed by atoms with E-state index in [4.69, 9.17) is 4.74 Å². The molecular formula is C11H24N2O. The fraction of sp³-hybridized carbons (Fsp3) is 1.00. The molecule has 3 nitrogen and oxygen atoms in total. The summed E-state index contributed by atoms with van der Waals surface area (Å²) in [6.07, 6.45) is 0. The van der Waals surface area contributed by atoms with Crippen LogP contribution in [0, 0.1) is 5.92 Å². The van der Waals surface area contributed by atoms with Crippen molar-refractivity contribution < 1.29 is 4.74 Å². The van der Waals surface area contributed by atoms with Crippen LogP contribution in [-0.2, 0) is 4.74 Å². The Morgan fingerprint density at radius 1 is 1.43 bits per heavy atom. The molecule has 0 amide bonds. The number of hydrogen-bond donors (Lipinski definition) is 1. The van der Waals surface area contributed by atoms with Crippen LogP contribution in [0.3, 0.4) is 0 Å². The molecule has 1 heterocycles. The third-order valence-electron chi connectivity index (χ3n) is 3.17. The van der Waals surface area contributed by atoms with Gasteiger partial charge >= 0.3 is 0 Å². The first-order chi connectivity index (χ1) is 6.69. The Labute approximate surface area is 87.8 Å². The molecule has 14 heavy (non-hydrogen) atoms. The van der Waals surface area contributed by atoms with Crippen LogP contribution in [0.5, 0.6) is 0 Å². The minimum atomic E-state index is 0.544. The zero-order valence-corrected chi connectivity index (χ0v) is 9.92. The molecule has 1 aliphatic heterocycles. The number of nitrogens with one attached hydrogen (secondary N) is 1. The highest BCUT2D eigenvalue weighted by atomic mass is 16.5. The minimum Gasteiger partial charge on any atom is -0.379 e. The van der Waals surface area contributed by atoms with Gasteiger partial charge in [-0.2, -0.15) is 0 Å². The number of hydrogen-bond acceptors (Lipinski definition) is 3. The summed E-state index contributed by atoms with van der Waals surface area (Å²) >= 11 is 0. The van der Waals surface area contributed by atoms with Crippen molar-refractivity contribution in [2.45, 2.75) is 32.9 Å². The summed E-state index contributed by atoms with van der Waals surface area (Å²) < 4.78 is 5.50. The molecule has 2 unspecified atom stereocenters. The predicted molar refractivity (Wildman–Crippen MR) is 59.5 cm³/mol. The standard InChI is InChI=1S/C11H24N2O/c1-5-13(9(2)3)6-10-7-14-8-11(10)12-4/h9-12H,5-8H2,1-4H3. The molecule has 1 rings (SSSR count). The average Bonchev–Trinajstić information content (AvgIpc) is 2.60. The van der Waals surface area contributed by atoms with Gasteiger partial charge in [0.25, 0.3) is 0 Å². The lowest BCUT2D eigenvalue weighted by Gasteiger charge is -2.29. The van der Waals surface area contributed by atoms with E-state index in [1.54, 1.807) is 0 Å². The van der Waals surface area contributed by atoms with Crippen molar-refractivity contribution in [3.63, 3.8) is 0 Å². The predicted octanol–water partition coefficient (Wildman–Crippen LogP) is 0.951. The molecule has 0 aromatic carbocycles. The number of ether oxygens (including phenoxy) is 1. The van der Waals surface area contributed by atoms with Gasteiger partial charge in [0.05, 0.1) is 13.2 Å². The minimum absolute atomic E-state index is 0.544. The third-order valence-corrected chi connectivity index (χ3v) is 3.17. The van der Waals surface area contributed by atoms with Crippen molar-refractivity contribution in [1.29, 1.82) is 0 Å². The van der Waals surface area contributed by atoms with Crippen molar-refractivity contribution in [2.75, 3.05) is 33.4 Å². The van der Waals surface area contributed by atoms with Gasteiger partial charge in [-0.1, -0.05) is 6.92 Å². The summed E-state index contributed by atoms with van der Waals surface area (Å²) in [4.78, 5) is 2.50. The molecule has 3 heteroatoms. The van der Waals surface area contributed by atoms with E-state index in [-0.39, 0.29) is 0 Å². The highest BCUT2D eigenvalue weighted by molar-refractivity contribution is 4.83. The van der Waals surface area contributed by atoms with Crippen LogP contribution in [0.4, 0.5) is 0 Å². The van der Waals surface area contributed by atoms with E-state index in [1.165, 1.54) is 0 Å². The van der Waals surface area contributed by atoms with Gasteiger partial charge in [0.2, 0.25) is 0 Å². The van der Waals surface area contributed by atoms with Crippen molar-refractivity contribution in [2.24, 2.45) is 5.92 Å². The van der Waals surface area contributed by atoms with Crippen molar-refractivity contribution >= 4 is 0 Å². The van der Waals surface area contributed by atoms with E-state index in [0.29, 0.717) is 18.0 Å². The number of likely N-dealkylation sites (N-methyl/N-ethyl adjacent to an activating group) is 1. The van der Waals surface area contributed by atoms with Gasteiger partial charge in [0, 0.05) is 24.5 Å². The molecule has 0 aliphatic carbocycles. The second-order valence-corrected chi connectivity index (χ2v) is 4.37. The van der Waals surface area contributed by atoms with E-state index in [0.717, 1.165) is 26.3 Å². The van der Waals surface area contributed by atoms with E-state index in [1.807, 2.05) is 7.05 Å². The Kier molecular flexibility index (Phi) is 4.85. The van der Waals surface area contributed by atoms with Crippen LogP contribution >= 0.6 is 0 Å². The third kappa shape index (κ3) is 2.94. The summed E-state index contributed by atoms with van der Waals surface area (Å²) in [6.45, 7) is 10.8. The van der Waals surface area contributed by atoms with Crippen molar-refractivity contribution in [3.05, 3.63) is 0 Å². The number of nitrogens with zero attached hydrogens (tertiary/aromatic N) is 1. The van der Waals surface area contributed by atoms with Crippen LogP contribution in [0.2, 0.25) is 0 Å². The van der Waals surface area contributed by atoms with Gasteiger partial charge in [-0.3, -0.25) is 0 Å². The largest absolute Gasteiger partial charge is 0.379 e. The topological polar surface area (TPSA) is 24.5 Å². The molecule has 1 saturated heterocycles. The molecule has 1 aliphatic rings. The first kappa shape index (κ1) is 12.0. The van der Waals surface area contributed by atoms with Crippen molar-refractivity contribution in [3.8, 4) is 0 Å². The Bertz CT molecular complexity index is 161. The maximum atomic E-state index is 5.50. The summed E-state index contributed by atoms with van der Waals surface area (Å²) in [5.41, 5.74) is 0. The first-order valence-corrected chi connectivity index (χ1v) is 5.68. The Morgan fingerprint density at radius 3 is 2.64 bits per heavy atom. The molecule has 2 atom stereocenters. The van der Waals surface area contributed by atoms with E-state index in [9.17, 15) is 0 Å². The molecule has 0 aromatic heterocycles. The maximum Gasteiger partial charge on any atom is 0.0623 e. The lowest BCUT2D eigenvalue weighted by Crippen LogP contribution is -2.42. The zero-order valence-electron chi connectivity index (χ0n) is 9.92. The van der Waals surface area contributed by atoms with E-state index in [2.05, 4.69) is 31.0 Å². The smallest absolute Gasteiger partial charge is 0.0623 e. The van der Waals surface area contributed by atoms with Crippen LogP contribution in [0.25, 0.3) is 0 Å². The van der Waals surface area contributed by atoms with Gasteiger partial charge in [-0.15, -0.1) is 0 Å². The second-order valence-electron chi connectivity index (χ2n) is 4.37. The Hall–Kier alpha value is -0.120. The molecule has 0 aromatic rings. The van der Waals surface area contributed by atoms with Gasteiger partial charge in [0.15, 0.2) is 0 Å². The highest BCUT2D eigenvalue weighted by Crippen LogP contribution is 2.16. The normalized spacial score (nSPS) is 27.9. The number of rotatable bonds is 5.